The van der Waals surface area contributed by atoms with Gasteiger partial charge in [0.2, 0.25) is 5.91 Å². The third-order valence-corrected chi connectivity index (χ3v) is 9.47. The number of rotatable bonds is 4. The Morgan fingerprint density at radius 2 is 1.86 bits per heavy atom. The van der Waals surface area contributed by atoms with E-state index in [1.165, 1.54) is 11.0 Å². The maximum Gasteiger partial charge on any atom is 0.407 e. The lowest BCUT2D eigenvalue weighted by atomic mass is 9.83. The number of methoxy groups -OCH3 is 1. The van der Waals surface area contributed by atoms with Crippen molar-refractivity contribution in [3.8, 4) is 11.5 Å². The molecule has 0 radical (unpaired) electrons. The second-order valence-corrected chi connectivity index (χ2v) is 13.2. The summed E-state index contributed by atoms with van der Waals surface area (Å²) in [7, 11) is 1.60. The van der Waals surface area contributed by atoms with E-state index in [0.717, 1.165) is 55.9 Å². The van der Waals surface area contributed by atoms with Crippen molar-refractivity contribution in [1.29, 1.82) is 0 Å². The number of amides is 2. The maximum absolute atomic E-state index is 14.1. The number of hydrogen-bond acceptors (Lipinski definition) is 7. The number of aliphatic carboxylic acids is 1. The minimum Gasteiger partial charge on any atom is -0.496 e. The Kier molecular flexibility index (Phi) is 9.41. The Morgan fingerprint density at radius 3 is 2.55 bits per heavy atom. The molecular weight excluding hydrogens is 566 g/mol. The number of nitrogens with zero attached hydrogens (tertiary/aromatic N) is 2. The largest absolute Gasteiger partial charge is 0.496 e. The van der Waals surface area contributed by atoms with Crippen molar-refractivity contribution in [2.45, 2.75) is 103 Å². The number of carboxylic acid groups (broad SMARTS) is 1. The molecule has 2 aliphatic heterocycles. The van der Waals surface area contributed by atoms with E-state index in [-0.39, 0.29) is 36.5 Å². The van der Waals surface area contributed by atoms with Crippen LogP contribution in [0.2, 0.25) is 0 Å². The van der Waals surface area contributed by atoms with Gasteiger partial charge in [-0.25, -0.2) is 9.59 Å². The van der Waals surface area contributed by atoms with Crippen LogP contribution >= 0.6 is 0 Å². The normalized spacial score (nSPS) is 25.1. The molecular formula is C33H45N3O8. The lowest BCUT2D eigenvalue weighted by Gasteiger charge is -2.34. The number of ether oxygens (including phenoxy) is 3. The summed E-state index contributed by atoms with van der Waals surface area (Å²) in [5.41, 5.74) is 1.04. The Hall–Kier alpha value is -3.76. The van der Waals surface area contributed by atoms with Crippen molar-refractivity contribution in [2.75, 3.05) is 20.3 Å². The lowest BCUT2D eigenvalue weighted by Crippen LogP contribution is -2.55. The van der Waals surface area contributed by atoms with Crippen molar-refractivity contribution in [3.63, 3.8) is 0 Å². The first-order chi connectivity index (χ1) is 21.0. The van der Waals surface area contributed by atoms with E-state index in [0.29, 0.717) is 30.0 Å². The van der Waals surface area contributed by atoms with E-state index < -0.39 is 36.2 Å². The minimum atomic E-state index is -1.14. The third-order valence-electron chi connectivity index (χ3n) is 9.47. The number of aryl methyl sites for hydroxylation is 2. The van der Waals surface area contributed by atoms with Crippen LogP contribution in [0.3, 0.4) is 0 Å². The van der Waals surface area contributed by atoms with Crippen LogP contribution < -0.4 is 20.3 Å². The molecule has 3 atom stereocenters. The van der Waals surface area contributed by atoms with Gasteiger partial charge in [-0.3, -0.25) is 9.59 Å². The topological polar surface area (TPSA) is 136 Å². The van der Waals surface area contributed by atoms with Crippen molar-refractivity contribution in [3.05, 3.63) is 34.1 Å². The van der Waals surface area contributed by atoms with E-state index in [4.69, 9.17) is 14.2 Å². The fourth-order valence-electron chi connectivity index (χ4n) is 7.06. The van der Waals surface area contributed by atoms with Gasteiger partial charge >= 0.3 is 12.1 Å². The van der Waals surface area contributed by atoms with E-state index in [1.54, 1.807) is 11.7 Å². The molecule has 11 heteroatoms. The van der Waals surface area contributed by atoms with Crippen LogP contribution in [0.4, 0.5) is 4.79 Å². The predicted octanol–water partition coefficient (Wildman–Crippen LogP) is 4.50. The number of carbonyl (C=O) groups excluding carboxylic acids is 2. The Labute approximate surface area is 257 Å². The molecule has 0 spiro atoms. The highest BCUT2D eigenvalue weighted by molar-refractivity contribution is 5.90. The molecule has 240 valence electrons. The summed E-state index contributed by atoms with van der Waals surface area (Å²) in [6, 6.07) is 3.27. The summed E-state index contributed by atoms with van der Waals surface area (Å²) in [6.07, 6.45) is 5.44. The average molecular weight is 612 g/mol. The highest BCUT2D eigenvalue weighted by Gasteiger charge is 2.45. The molecule has 0 unspecified atom stereocenters. The van der Waals surface area contributed by atoms with E-state index in [1.807, 2.05) is 32.9 Å². The van der Waals surface area contributed by atoms with Gasteiger partial charge in [-0.05, 0) is 62.0 Å². The fraction of sp³-hybridized carbons (Fsp3) is 0.636. The Balaban J connectivity index is 1.58. The molecule has 3 heterocycles. The van der Waals surface area contributed by atoms with Gasteiger partial charge in [0.15, 0.2) is 0 Å². The molecule has 1 aromatic carbocycles. The molecule has 4 bridgehead atoms. The molecule has 1 saturated carbocycles. The molecule has 2 N–H and O–H groups in total. The van der Waals surface area contributed by atoms with E-state index >= 15 is 0 Å². The SMILES string of the molecule is CCn1c(=O)cc2c3cc(c(OC)cc31)CCCC(C)(C)COC(=O)N[C@@H](C1CCCCC1)C(=O)N1C[C@@H](C[C@H]1C(=O)O)O2. The summed E-state index contributed by atoms with van der Waals surface area (Å²) >= 11 is 0. The Bertz CT molecular complexity index is 1460. The second-order valence-electron chi connectivity index (χ2n) is 13.2. The first-order valence-corrected chi connectivity index (χ1v) is 15.9. The fourth-order valence-corrected chi connectivity index (χ4v) is 7.06. The number of alkyl carbamates (subject to hydrolysis) is 1. The summed E-state index contributed by atoms with van der Waals surface area (Å²) in [5, 5.41) is 13.7. The van der Waals surface area contributed by atoms with Crippen LogP contribution in [0, 0.1) is 11.3 Å². The number of cyclic esters (lactones) is 1. The molecule has 1 aromatic heterocycles. The standard InChI is InChI=1S/C33H45N3O8/c1-5-35-24-16-26(42-4)21-12-9-13-33(2,3)19-43-32(41)34-29(20-10-7-6-8-11-20)30(38)36-18-22(15-25(36)31(39)40)44-27(17-28(35)37)23(24)14-21/h14,16-17,20,22,25,29H,5-13,15,18-19H2,1-4H3,(H,34,41)(H,39,40)/t22-,25+,29+/m1/s1. The molecule has 11 nitrogen and oxygen atoms in total. The zero-order chi connectivity index (χ0) is 31.6. The number of carbonyl (C=O) groups is 3. The monoisotopic (exact) mass is 611 g/mol. The van der Waals surface area contributed by atoms with Crippen LogP contribution in [0.1, 0.15) is 77.7 Å². The zero-order valence-electron chi connectivity index (χ0n) is 26.2. The molecule has 2 amide bonds. The maximum atomic E-state index is 14.1. The number of aromatic nitrogens is 1. The summed E-state index contributed by atoms with van der Waals surface area (Å²) < 4.78 is 19.5. The summed E-state index contributed by atoms with van der Waals surface area (Å²) in [4.78, 5) is 54.1. The van der Waals surface area contributed by atoms with Crippen LogP contribution in [0.25, 0.3) is 10.9 Å². The van der Waals surface area contributed by atoms with E-state index in [2.05, 4.69) is 5.32 Å². The third kappa shape index (κ3) is 6.66. The van der Waals surface area contributed by atoms with Crippen LogP contribution in [-0.4, -0.2) is 71.0 Å². The molecule has 2 aromatic rings. The number of nitrogens with one attached hydrogen (secondary N) is 1. The molecule has 3 aliphatic rings. The van der Waals surface area contributed by atoms with Crippen molar-refractivity contribution < 1.29 is 33.7 Å². The van der Waals surface area contributed by atoms with Crippen molar-refractivity contribution in [1.82, 2.24) is 14.8 Å². The number of hydrogen-bond donors (Lipinski definition) is 2. The highest BCUT2D eigenvalue weighted by atomic mass is 16.5. The molecule has 44 heavy (non-hydrogen) atoms. The van der Waals surface area contributed by atoms with Gasteiger partial charge in [-0.2, -0.15) is 0 Å². The van der Waals surface area contributed by atoms with Gasteiger partial charge < -0.3 is 34.1 Å². The number of benzene rings is 1. The smallest absolute Gasteiger partial charge is 0.407 e. The van der Waals surface area contributed by atoms with Gasteiger partial charge in [-0.1, -0.05) is 33.1 Å². The van der Waals surface area contributed by atoms with Crippen LogP contribution in [0.5, 0.6) is 11.5 Å². The number of pyridine rings is 1. The predicted molar refractivity (Wildman–Crippen MR) is 164 cm³/mol. The quantitative estimate of drug-likeness (QED) is 0.516. The first-order valence-electron chi connectivity index (χ1n) is 15.9. The van der Waals surface area contributed by atoms with Crippen LogP contribution in [0.15, 0.2) is 23.0 Å². The van der Waals surface area contributed by atoms with Gasteiger partial charge in [0.25, 0.3) is 5.56 Å². The van der Waals surface area contributed by atoms with Gasteiger partial charge in [0.05, 0.1) is 25.8 Å². The number of fused-ring (bicyclic) bond motifs is 3. The average Bonchev–Trinajstić information content (AvgIpc) is 3.43. The molecule has 5 rings (SSSR count). The molecule has 2 fully saturated rings. The first kappa shape index (κ1) is 31.7. The number of carboxylic acids is 1. The van der Waals surface area contributed by atoms with Gasteiger partial charge in [0, 0.05) is 30.5 Å². The minimum absolute atomic E-state index is 0.0180. The van der Waals surface area contributed by atoms with Crippen molar-refractivity contribution >= 4 is 28.9 Å². The van der Waals surface area contributed by atoms with Crippen molar-refractivity contribution in [2.24, 2.45) is 11.3 Å². The van der Waals surface area contributed by atoms with E-state index in [9.17, 15) is 24.3 Å². The molecule has 1 saturated heterocycles. The Morgan fingerprint density at radius 1 is 1.11 bits per heavy atom. The van der Waals surface area contributed by atoms with Gasteiger partial charge in [-0.15, -0.1) is 0 Å². The van der Waals surface area contributed by atoms with Crippen LogP contribution in [-0.2, 0) is 27.3 Å². The highest BCUT2D eigenvalue weighted by Crippen LogP contribution is 2.36. The molecule has 1 aliphatic carbocycles. The summed E-state index contributed by atoms with van der Waals surface area (Å²) in [5.74, 6) is -0.674. The lowest BCUT2D eigenvalue weighted by molar-refractivity contribution is -0.149. The zero-order valence-corrected chi connectivity index (χ0v) is 26.2. The van der Waals surface area contributed by atoms with Gasteiger partial charge in [0.1, 0.15) is 29.7 Å². The second kappa shape index (κ2) is 13.1. The summed E-state index contributed by atoms with van der Waals surface area (Å²) in [6.45, 7) is 6.61.